The van der Waals surface area contributed by atoms with Gasteiger partial charge in [0.25, 0.3) is 5.69 Å². The molecule has 1 aliphatic rings. The van der Waals surface area contributed by atoms with E-state index in [1.54, 1.807) is 0 Å². The molecule has 0 unspecified atom stereocenters. The minimum absolute atomic E-state index is 0.150. The zero-order valence-corrected chi connectivity index (χ0v) is 9.79. The molecule has 1 heterocycles. The van der Waals surface area contributed by atoms with Crippen LogP contribution in [0.4, 0.5) is 11.4 Å². The summed E-state index contributed by atoms with van der Waals surface area (Å²) in [6.45, 7) is -0.496. The molecular formula is C12H16N2O4. The molecule has 98 valence electrons. The van der Waals surface area contributed by atoms with E-state index >= 15 is 0 Å². The highest BCUT2D eigenvalue weighted by Gasteiger charge is 2.21. The summed E-state index contributed by atoms with van der Waals surface area (Å²) in [4.78, 5) is 11.6. The van der Waals surface area contributed by atoms with Crippen molar-refractivity contribution in [1.82, 2.24) is 0 Å². The highest BCUT2D eigenvalue weighted by atomic mass is 16.6. The third kappa shape index (κ3) is 2.53. The Kier molecular flexibility index (Phi) is 2.41. The standard InChI is InChI=1S/C12H16N2O4/c1-18-12-8-9(14(16)17)2-3-11(12)13-6-4-10(15)5-7-13/h2-3,8,10,15H,4-7H2,1H3/i4D2,5D2. The first-order valence-corrected chi connectivity index (χ1v) is 5.34. The number of nitro benzene ring substituents is 1. The van der Waals surface area contributed by atoms with E-state index in [4.69, 9.17) is 10.2 Å². The summed E-state index contributed by atoms with van der Waals surface area (Å²) in [7, 11) is 1.32. The predicted molar refractivity (Wildman–Crippen MR) is 67.1 cm³/mol. The van der Waals surface area contributed by atoms with Crippen LogP contribution in [0.2, 0.25) is 0 Å². The Balaban J connectivity index is 2.41. The van der Waals surface area contributed by atoms with Gasteiger partial charge in [0.05, 0.1) is 29.9 Å². The number of non-ortho nitro benzene ring substituents is 1. The van der Waals surface area contributed by atoms with Crippen LogP contribution in [0.15, 0.2) is 18.2 Å². The van der Waals surface area contributed by atoms with Gasteiger partial charge in [-0.15, -0.1) is 0 Å². The molecule has 1 aromatic carbocycles. The monoisotopic (exact) mass is 256 g/mol. The summed E-state index contributed by atoms with van der Waals surface area (Å²) in [5, 5.41) is 20.6. The van der Waals surface area contributed by atoms with E-state index in [2.05, 4.69) is 0 Å². The average molecular weight is 256 g/mol. The molecule has 1 aliphatic heterocycles. The number of hydrogen-bond acceptors (Lipinski definition) is 5. The van der Waals surface area contributed by atoms with Crippen molar-refractivity contribution in [2.24, 2.45) is 0 Å². The second kappa shape index (κ2) is 5.22. The van der Waals surface area contributed by atoms with Gasteiger partial charge in [-0.3, -0.25) is 10.1 Å². The molecular weight excluding hydrogens is 236 g/mol. The number of hydrogen-bond donors (Lipinski definition) is 1. The van der Waals surface area contributed by atoms with Gasteiger partial charge in [-0.05, 0) is 18.8 Å². The van der Waals surface area contributed by atoms with E-state index in [9.17, 15) is 15.2 Å². The first-order chi connectivity index (χ1) is 10.1. The van der Waals surface area contributed by atoms with Crippen LogP contribution < -0.4 is 9.64 Å². The van der Waals surface area contributed by atoms with Crippen LogP contribution in [0.3, 0.4) is 0 Å². The Bertz CT molecular complexity index is 578. The lowest BCUT2D eigenvalue weighted by atomic mass is 10.1. The molecule has 0 aliphatic carbocycles. The van der Waals surface area contributed by atoms with Crippen LogP contribution in [0.5, 0.6) is 5.75 Å². The molecule has 0 atom stereocenters. The predicted octanol–water partition coefficient (Wildman–Crippen LogP) is 1.56. The Hall–Kier alpha value is -1.82. The van der Waals surface area contributed by atoms with E-state index in [1.165, 1.54) is 30.2 Å². The highest BCUT2D eigenvalue weighted by molar-refractivity contribution is 5.62. The van der Waals surface area contributed by atoms with Gasteiger partial charge >= 0.3 is 0 Å². The Morgan fingerprint density at radius 1 is 1.56 bits per heavy atom. The summed E-state index contributed by atoms with van der Waals surface area (Å²) < 4.78 is 36.3. The molecule has 0 radical (unpaired) electrons. The van der Waals surface area contributed by atoms with E-state index in [0.717, 1.165) is 0 Å². The molecule has 0 amide bonds. The van der Waals surface area contributed by atoms with Crippen molar-refractivity contribution in [3.63, 3.8) is 0 Å². The maximum Gasteiger partial charge on any atom is 0.273 e. The van der Waals surface area contributed by atoms with E-state index < -0.39 is 23.8 Å². The van der Waals surface area contributed by atoms with E-state index in [0.29, 0.717) is 5.69 Å². The molecule has 1 saturated heterocycles. The van der Waals surface area contributed by atoms with Crippen LogP contribution in [0.25, 0.3) is 0 Å². The summed E-state index contributed by atoms with van der Waals surface area (Å²) in [6.07, 6.45) is -6.07. The fourth-order valence-electron chi connectivity index (χ4n) is 1.73. The van der Waals surface area contributed by atoms with Gasteiger partial charge in [-0.2, -0.15) is 0 Å². The number of anilines is 1. The van der Waals surface area contributed by atoms with Crippen LogP contribution in [0.1, 0.15) is 18.2 Å². The van der Waals surface area contributed by atoms with Gasteiger partial charge in [-0.25, -0.2) is 0 Å². The number of aliphatic hydroxyl groups is 1. The Morgan fingerprint density at radius 2 is 2.22 bits per heavy atom. The number of benzene rings is 1. The minimum Gasteiger partial charge on any atom is -0.494 e. The second-order valence-corrected chi connectivity index (χ2v) is 3.78. The Morgan fingerprint density at radius 3 is 2.78 bits per heavy atom. The van der Waals surface area contributed by atoms with Crippen molar-refractivity contribution in [3.8, 4) is 5.75 Å². The van der Waals surface area contributed by atoms with Gasteiger partial charge in [0, 0.05) is 24.6 Å². The lowest BCUT2D eigenvalue weighted by Crippen LogP contribution is -2.35. The van der Waals surface area contributed by atoms with Gasteiger partial charge < -0.3 is 14.7 Å². The fourth-order valence-corrected chi connectivity index (χ4v) is 1.73. The molecule has 0 saturated carbocycles. The maximum atomic E-state index is 10.8. The summed E-state index contributed by atoms with van der Waals surface area (Å²) in [5.41, 5.74) is 0.163. The molecule has 6 nitrogen and oxygen atoms in total. The van der Waals surface area contributed by atoms with Gasteiger partial charge in [0.15, 0.2) is 0 Å². The molecule has 2 rings (SSSR count). The lowest BCUT2D eigenvalue weighted by molar-refractivity contribution is -0.384. The largest absolute Gasteiger partial charge is 0.494 e. The number of rotatable bonds is 3. The normalized spacial score (nSPS) is 25.6. The van der Waals surface area contributed by atoms with Crippen LogP contribution in [0, 0.1) is 10.1 Å². The third-order valence-corrected chi connectivity index (χ3v) is 2.67. The first-order valence-electron chi connectivity index (χ1n) is 7.34. The van der Waals surface area contributed by atoms with Crippen LogP contribution in [-0.2, 0) is 0 Å². The van der Waals surface area contributed by atoms with Crippen molar-refractivity contribution < 1.29 is 20.2 Å². The number of nitrogens with zero attached hydrogens (tertiary/aromatic N) is 2. The van der Waals surface area contributed by atoms with E-state index in [-0.39, 0.29) is 24.5 Å². The lowest BCUT2D eigenvalue weighted by Gasteiger charge is -2.32. The van der Waals surface area contributed by atoms with Crippen molar-refractivity contribution in [3.05, 3.63) is 28.3 Å². The molecule has 0 spiro atoms. The number of ether oxygens (including phenoxy) is 1. The van der Waals surface area contributed by atoms with Gasteiger partial charge in [-0.1, -0.05) is 0 Å². The molecule has 6 heteroatoms. The topological polar surface area (TPSA) is 75.8 Å². The second-order valence-electron chi connectivity index (χ2n) is 3.78. The molecule has 18 heavy (non-hydrogen) atoms. The molecule has 1 aromatic rings. The molecule has 0 aromatic heterocycles. The quantitative estimate of drug-likeness (QED) is 0.656. The maximum absolute atomic E-state index is 10.8. The number of methoxy groups -OCH3 is 1. The van der Waals surface area contributed by atoms with Crippen molar-refractivity contribution in [2.45, 2.75) is 18.8 Å². The number of piperidine rings is 1. The first kappa shape index (κ1) is 8.31. The van der Waals surface area contributed by atoms with E-state index in [1.807, 2.05) is 0 Å². The SMILES string of the molecule is [2H]C1([2H])CN(c2ccc([N+](=O)[O-])cc2OC)CC([2H])([2H])C1O. The van der Waals surface area contributed by atoms with Crippen molar-refractivity contribution in [2.75, 3.05) is 25.1 Å². The van der Waals surface area contributed by atoms with Crippen molar-refractivity contribution in [1.29, 1.82) is 0 Å². The molecule has 1 N–H and O–H groups in total. The highest BCUT2D eigenvalue weighted by Crippen LogP contribution is 2.33. The molecule has 1 fully saturated rings. The number of nitro groups is 1. The molecule has 0 bridgehead atoms. The number of aliphatic hydroxyl groups excluding tert-OH is 1. The average Bonchev–Trinajstić information content (AvgIpc) is 2.43. The van der Waals surface area contributed by atoms with Crippen LogP contribution in [-0.4, -0.2) is 36.3 Å². The summed E-state index contributed by atoms with van der Waals surface area (Å²) in [5.74, 6) is 0.150. The van der Waals surface area contributed by atoms with Crippen molar-refractivity contribution >= 4 is 11.4 Å². The third-order valence-electron chi connectivity index (χ3n) is 2.67. The zero-order valence-electron chi connectivity index (χ0n) is 13.8. The Labute approximate surface area is 111 Å². The van der Waals surface area contributed by atoms with Gasteiger partial charge in [0.2, 0.25) is 0 Å². The summed E-state index contributed by atoms with van der Waals surface area (Å²) in [6, 6.07) is 3.83. The smallest absolute Gasteiger partial charge is 0.273 e. The fraction of sp³-hybridized carbons (Fsp3) is 0.500. The van der Waals surface area contributed by atoms with Crippen LogP contribution >= 0.6 is 0 Å². The summed E-state index contributed by atoms with van der Waals surface area (Å²) >= 11 is 0. The minimum atomic E-state index is -2.16. The zero-order chi connectivity index (χ0) is 16.7. The van der Waals surface area contributed by atoms with Gasteiger partial charge in [0.1, 0.15) is 5.75 Å².